The minimum atomic E-state index is 0.0350. The Morgan fingerprint density at radius 1 is 1.32 bits per heavy atom. The van der Waals surface area contributed by atoms with Crippen LogP contribution in [0.25, 0.3) is 0 Å². The maximum atomic E-state index is 12.5. The van der Waals surface area contributed by atoms with E-state index in [2.05, 4.69) is 26.1 Å². The highest BCUT2D eigenvalue weighted by atomic mass is 79.9. The largest absolute Gasteiger partial charge is 0.484 e. The molecule has 0 bridgehead atoms. The summed E-state index contributed by atoms with van der Waals surface area (Å²) >= 11 is 6.32. The van der Waals surface area contributed by atoms with Gasteiger partial charge in [-0.05, 0) is 59.6 Å². The van der Waals surface area contributed by atoms with Crippen molar-refractivity contribution in [2.24, 2.45) is 0 Å². The van der Waals surface area contributed by atoms with Gasteiger partial charge in [-0.3, -0.25) is 4.79 Å². The number of hydrogen-bond donors (Lipinski definition) is 0. The molecule has 3 rings (SSSR count). The number of thiophene rings is 1. The Bertz CT molecular complexity index is 929. The van der Waals surface area contributed by atoms with Crippen LogP contribution in [-0.2, 0) is 17.9 Å². The van der Waals surface area contributed by atoms with Gasteiger partial charge in [-0.2, -0.15) is 0 Å². The molecule has 0 fully saturated rings. The van der Waals surface area contributed by atoms with Gasteiger partial charge >= 0.3 is 0 Å². The lowest BCUT2D eigenvalue weighted by Crippen LogP contribution is -2.31. The first-order chi connectivity index (χ1) is 13.5. The Balaban J connectivity index is 1.48. The predicted molar refractivity (Wildman–Crippen MR) is 114 cm³/mol. The summed E-state index contributed by atoms with van der Waals surface area (Å²) in [4.78, 5) is 15.4. The third kappa shape index (κ3) is 6.08. The van der Waals surface area contributed by atoms with Gasteiger partial charge in [0.2, 0.25) is 5.91 Å². The molecular weight excluding hydrogens is 462 g/mol. The van der Waals surface area contributed by atoms with Crippen molar-refractivity contribution in [2.45, 2.75) is 32.2 Å². The van der Waals surface area contributed by atoms with E-state index in [9.17, 15) is 4.79 Å². The van der Waals surface area contributed by atoms with E-state index in [1.807, 2.05) is 55.1 Å². The standard InChI is InChI=1S/C19H20BrN3O3S2/c1-3-23(10-15-7-8-16(20)28-15)18(24)12-27-19-22-21-17(26-19)11-25-14-6-4-5-13(2)9-14/h4-9H,3,10-12H2,1-2H3. The quantitative estimate of drug-likeness (QED) is 0.404. The zero-order chi connectivity index (χ0) is 19.9. The fraction of sp³-hybridized carbons (Fsp3) is 0.316. The number of ether oxygens (including phenoxy) is 1. The molecule has 0 radical (unpaired) electrons. The van der Waals surface area contributed by atoms with Crippen LogP contribution in [0, 0.1) is 6.92 Å². The highest BCUT2D eigenvalue weighted by Crippen LogP contribution is 2.24. The number of rotatable bonds is 9. The Hall–Kier alpha value is -1.84. The van der Waals surface area contributed by atoms with E-state index in [1.165, 1.54) is 11.8 Å². The SMILES string of the molecule is CCN(Cc1ccc(Br)s1)C(=O)CSc1nnc(COc2cccc(C)c2)o1. The number of thioether (sulfide) groups is 1. The molecule has 2 aromatic heterocycles. The van der Waals surface area contributed by atoms with Crippen molar-refractivity contribution in [1.82, 2.24) is 15.1 Å². The summed E-state index contributed by atoms with van der Waals surface area (Å²) in [5, 5.41) is 8.32. The Morgan fingerprint density at radius 3 is 2.89 bits per heavy atom. The molecule has 0 unspecified atom stereocenters. The lowest BCUT2D eigenvalue weighted by atomic mass is 10.2. The van der Waals surface area contributed by atoms with Crippen molar-refractivity contribution in [3.05, 3.63) is 56.5 Å². The average molecular weight is 482 g/mol. The first kappa shape index (κ1) is 20.9. The highest BCUT2D eigenvalue weighted by molar-refractivity contribution is 9.11. The lowest BCUT2D eigenvalue weighted by Gasteiger charge is -2.19. The number of halogens is 1. The summed E-state index contributed by atoms with van der Waals surface area (Å²) < 4.78 is 12.3. The number of nitrogens with zero attached hydrogens (tertiary/aromatic N) is 3. The van der Waals surface area contributed by atoms with Gasteiger partial charge in [0.1, 0.15) is 5.75 Å². The topological polar surface area (TPSA) is 68.5 Å². The molecule has 1 amide bonds. The summed E-state index contributed by atoms with van der Waals surface area (Å²) in [5.74, 6) is 1.42. The Labute approximate surface area is 180 Å². The molecule has 2 heterocycles. The van der Waals surface area contributed by atoms with Crippen LogP contribution < -0.4 is 4.74 Å². The van der Waals surface area contributed by atoms with Crippen LogP contribution >= 0.6 is 39.0 Å². The summed E-state index contributed by atoms with van der Waals surface area (Å²) in [6.07, 6.45) is 0. The fourth-order valence-electron chi connectivity index (χ4n) is 2.42. The summed E-state index contributed by atoms with van der Waals surface area (Å²) in [7, 11) is 0. The first-order valence-electron chi connectivity index (χ1n) is 8.70. The zero-order valence-corrected chi connectivity index (χ0v) is 18.8. The summed E-state index contributed by atoms with van der Waals surface area (Å²) in [6, 6.07) is 11.8. The molecule has 28 heavy (non-hydrogen) atoms. The van der Waals surface area contributed by atoms with Crippen molar-refractivity contribution in [3.8, 4) is 5.75 Å². The van der Waals surface area contributed by atoms with Gasteiger partial charge in [-0.1, -0.05) is 23.9 Å². The normalized spacial score (nSPS) is 10.8. The van der Waals surface area contributed by atoms with Crippen LogP contribution in [0.4, 0.5) is 0 Å². The van der Waals surface area contributed by atoms with E-state index < -0.39 is 0 Å². The number of aromatic nitrogens is 2. The second kappa shape index (κ2) is 10.1. The second-order valence-corrected chi connectivity index (χ2v) is 9.44. The molecule has 0 aliphatic carbocycles. The molecule has 0 atom stereocenters. The maximum absolute atomic E-state index is 12.5. The fourth-order valence-corrected chi connectivity index (χ4v) is 4.60. The van der Waals surface area contributed by atoms with Crippen molar-refractivity contribution in [3.63, 3.8) is 0 Å². The third-order valence-electron chi connectivity index (χ3n) is 3.83. The molecule has 0 aliphatic rings. The average Bonchev–Trinajstić information content (AvgIpc) is 3.31. The van der Waals surface area contributed by atoms with E-state index in [1.54, 1.807) is 11.3 Å². The molecule has 0 aliphatic heterocycles. The molecule has 0 saturated heterocycles. The molecule has 148 valence electrons. The van der Waals surface area contributed by atoms with Crippen LogP contribution in [-0.4, -0.2) is 33.3 Å². The number of carbonyl (C=O) groups excluding carboxylic acids is 1. The smallest absolute Gasteiger partial charge is 0.277 e. The highest BCUT2D eigenvalue weighted by Gasteiger charge is 2.16. The van der Waals surface area contributed by atoms with E-state index in [4.69, 9.17) is 9.15 Å². The van der Waals surface area contributed by atoms with Gasteiger partial charge in [-0.15, -0.1) is 21.5 Å². The van der Waals surface area contributed by atoms with Gasteiger partial charge < -0.3 is 14.1 Å². The van der Waals surface area contributed by atoms with E-state index in [0.717, 1.165) is 20.0 Å². The summed E-state index contributed by atoms with van der Waals surface area (Å²) in [5.41, 5.74) is 1.12. The molecular formula is C19H20BrN3O3S2. The second-order valence-electron chi connectivity index (χ2n) is 5.97. The molecule has 1 aromatic carbocycles. The number of amides is 1. The zero-order valence-electron chi connectivity index (χ0n) is 15.6. The van der Waals surface area contributed by atoms with Crippen LogP contribution in [0.1, 0.15) is 23.3 Å². The van der Waals surface area contributed by atoms with Gasteiger partial charge in [0.15, 0.2) is 6.61 Å². The molecule has 9 heteroatoms. The lowest BCUT2D eigenvalue weighted by molar-refractivity contribution is -0.128. The van der Waals surface area contributed by atoms with Crippen LogP contribution in [0.2, 0.25) is 0 Å². The van der Waals surface area contributed by atoms with E-state index in [-0.39, 0.29) is 18.3 Å². The van der Waals surface area contributed by atoms with Crippen molar-refractivity contribution >= 4 is 44.9 Å². The van der Waals surface area contributed by atoms with E-state index >= 15 is 0 Å². The molecule has 0 saturated carbocycles. The van der Waals surface area contributed by atoms with E-state index in [0.29, 0.717) is 24.2 Å². The predicted octanol–water partition coefficient (Wildman–Crippen LogP) is 4.92. The molecule has 6 nitrogen and oxygen atoms in total. The van der Waals surface area contributed by atoms with Crippen LogP contribution in [0.3, 0.4) is 0 Å². The van der Waals surface area contributed by atoms with Crippen molar-refractivity contribution in [1.29, 1.82) is 0 Å². The third-order valence-corrected chi connectivity index (χ3v) is 6.24. The Kier molecular flexibility index (Phi) is 7.52. The van der Waals surface area contributed by atoms with Crippen molar-refractivity contribution in [2.75, 3.05) is 12.3 Å². The van der Waals surface area contributed by atoms with Gasteiger partial charge in [0.25, 0.3) is 11.1 Å². The van der Waals surface area contributed by atoms with Crippen molar-refractivity contribution < 1.29 is 13.9 Å². The van der Waals surface area contributed by atoms with Crippen LogP contribution in [0.15, 0.2) is 49.8 Å². The molecule has 3 aromatic rings. The number of carbonyl (C=O) groups is 1. The molecule has 0 N–H and O–H groups in total. The van der Waals surface area contributed by atoms with Gasteiger partial charge in [0.05, 0.1) is 16.1 Å². The van der Waals surface area contributed by atoms with Gasteiger partial charge in [-0.25, -0.2) is 0 Å². The minimum absolute atomic E-state index is 0.0350. The number of benzene rings is 1. The minimum Gasteiger partial charge on any atom is -0.484 e. The maximum Gasteiger partial charge on any atom is 0.277 e. The summed E-state index contributed by atoms with van der Waals surface area (Å²) in [6.45, 7) is 5.42. The van der Waals surface area contributed by atoms with Gasteiger partial charge in [0, 0.05) is 11.4 Å². The number of aryl methyl sites for hydroxylation is 1. The Morgan fingerprint density at radius 2 is 2.18 bits per heavy atom. The van der Waals surface area contributed by atoms with Crippen LogP contribution in [0.5, 0.6) is 5.75 Å². The first-order valence-corrected chi connectivity index (χ1v) is 11.3. The molecule has 0 spiro atoms. The monoisotopic (exact) mass is 481 g/mol. The number of hydrogen-bond acceptors (Lipinski definition) is 7.